The van der Waals surface area contributed by atoms with Gasteiger partial charge in [0.05, 0.1) is 0 Å². The van der Waals surface area contributed by atoms with Crippen LogP contribution < -0.4 is 0 Å². The lowest BCUT2D eigenvalue weighted by molar-refractivity contribution is 0.279. The molecule has 1 heterocycles. The van der Waals surface area contributed by atoms with Crippen LogP contribution in [0.4, 0.5) is 0 Å². The fourth-order valence-corrected chi connectivity index (χ4v) is 4.23. The highest BCUT2D eigenvalue weighted by Crippen LogP contribution is 2.23. The van der Waals surface area contributed by atoms with E-state index in [2.05, 4.69) is 13.8 Å². The van der Waals surface area contributed by atoms with Crippen LogP contribution in [0.3, 0.4) is 0 Å². The highest BCUT2D eigenvalue weighted by atomic mass is 27.2. The average molecular weight is 156 g/mol. The summed E-state index contributed by atoms with van der Waals surface area (Å²) in [6.45, 7) is 5.68. The van der Waals surface area contributed by atoms with Crippen molar-refractivity contribution in [3.8, 4) is 0 Å². The van der Waals surface area contributed by atoms with Gasteiger partial charge in [-0.15, -0.1) is 0 Å². The Labute approximate surface area is 68.5 Å². The third kappa shape index (κ3) is 2.27. The Morgan fingerprint density at radius 3 is 2.80 bits per heavy atom. The van der Waals surface area contributed by atoms with Gasteiger partial charge in [0.2, 0.25) is 0 Å². The van der Waals surface area contributed by atoms with Crippen molar-refractivity contribution in [3.05, 3.63) is 0 Å². The van der Waals surface area contributed by atoms with Gasteiger partial charge in [-0.05, 0) is 6.42 Å². The maximum atomic E-state index is 5.77. The molecule has 0 aromatic heterocycles. The van der Waals surface area contributed by atoms with Crippen molar-refractivity contribution in [2.75, 3.05) is 6.61 Å². The molecule has 0 saturated carbocycles. The molecule has 10 heavy (non-hydrogen) atoms. The predicted octanol–water partition coefficient (Wildman–Crippen LogP) is 2.59. The summed E-state index contributed by atoms with van der Waals surface area (Å²) in [5.41, 5.74) is 0. The van der Waals surface area contributed by atoms with Crippen molar-refractivity contribution in [2.24, 2.45) is 0 Å². The standard InChI is InChI=1S/C4H8O.C4H9.Al/c1-2-3-4-5;1-3-4-2;/h1-4H2;3H,4H2,1-2H3;/q-1;;+1. The molecule has 2 heteroatoms. The minimum absolute atomic E-state index is 0.720. The summed E-state index contributed by atoms with van der Waals surface area (Å²) in [6, 6.07) is 0. The Morgan fingerprint density at radius 1 is 1.50 bits per heavy atom. The van der Waals surface area contributed by atoms with E-state index < -0.39 is 14.5 Å². The largest absolute Gasteiger partial charge is 0.500 e. The molecule has 0 spiro atoms. The third-order valence-electron chi connectivity index (χ3n) is 2.49. The molecule has 0 amide bonds. The van der Waals surface area contributed by atoms with Gasteiger partial charge in [-0.1, -0.05) is 36.8 Å². The van der Waals surface area contributed by atoms with E-state index in [-0.39, 0.29) is 0 Å². The maximum absolute atomic E-state index is 5.77. The van der Waals surface area contributed by atoms with E-state index in [0.717, 1.165) is 11.4 Å². The number of hydrogen-bond acceptors (Lipinski definition) is 1. The zero-order chi connectivity index (χ0) is 7.40. The molecule has 0 aliphatic carbocycles. The minimum atomic E-state index is -0.720. The van der Waals surface area contributed by atoms with Crippen LogP contribution >= 0.6 is 0 Å². The molecule has 1 aliphatic rings. The van der Waals surface area contributed by atoms with Gasteiger partial charge in [0, 0.05) is 6.61 Å². The van der Waals surface area contributed by atoms with Gasteiger partial charge in [-0.25, -0.2) is 0 Å². The summed E-state index contributed by atoms with van der Waals surface area (Å²) in [6.07, 6.45) is 4.05. The summed E-state index contributed by atoms with van der Waals surface area (Å²) in [4.78, 5) is 0. The van der Waals surface area contributed by atoms with Gasteiger partial charge in [0.25, 0.3) is 0 Å². The van der Waals surface area contributed by atoms with Crippen molar-refractivity contribution in [1.29, 1.82) is 0 Å². The van der Waals surface area contributed by atoms with Gasteiger partial charge in [-0.3, -0.25) is 0 Å². The summed E-state index contributed by atoms with van der Waals surface area (Å²) < 4.78 is 6.67. The zero-order valence-electron chi connectivity index (χ0n) is 7.10. The third-order valence-corrected chi connectivity index (χ3v) is 5.88. The normalized spacial score (nSPS) is 22.8. The average Bonchev–Trinajstić information content (AvgIpc) is 2.05. The van der Waals surface area contributed by atoms with Crippen molar-refractivity contribution in [2.45, 2.75) is 43.2 Å². The van der Waals surface area contributed by atoms with Crippen LogP contribution in [0.5, 0.6) is 0 Å². The first kappa shape index (κ1) is 8.59. The highest BCUT2D eigenvalue weighted by Gasteiger charge is 2.28. The Bertz CT molecular complexity index is 89.3. The molecule has 1 saturated heterocycles. The molecule has 0 N–H and O–H groups in total. The first-order valence-corrected chi connectivity index (χ1v) is 6.41. The van der Waals surface area contributed by atoms with Crippen molar-refractivity contribution < 1.29 is 3.79 Å². The van der Waals surface area contributed by atoms with E-state index in [1.165, 1.54) is 24.5 Å². The summed E-state index contributed by atoms with van der Waals surface area (Å²) in [5, 5.41) is 1.43. The van der Waals surface area contributed by atoms with Crippen molar-refractivity contribution in [1.82, 2.24) is 0 Å². The van der Waals surface area contributed by atoms with Crippen LogP contribution in [0.25, 0.3) is 0 Å². The fourth-order valence-electron chi connectivity index (χ4n) is 1.48. The van der Waals surface area contributed by atoms with Crippen molar-refractivity contribution >= 4 is 14.5 Å². The molecular weight excluding hydrogens is 139 g/mol. The Hall–Kier alpha value is 0.492. The van der Waals surface area contributed by atoms with Crippen LogP contribution in [0.15, 0.2) is 0 Å². The Morgan fingerprint density at radius 2 is 2.30 bits per heavy atom. The first-order valence-electron chi connectivity index (χ1n) is 4.46. The van der Waals surface area contributed by atoms with E-state index in [0.29, 0.717) is 0 Å². The highest BCUT2D eigenvalue weighted by molar-refractivity contribution is 6.53. The first-order chi connectivity index (χ1) is 4.84. The minimum Gasteiger partial charge on any atom is -0.500 e. The molecule has 0 aromatic rings. The van der Waals surface area contributed by atoms with Gasteiger partial charge in [-0.2, -0.15) is 0 Å². The molecule has 1 rings (SSSR count). The molecule has 58 valence electrons. The van der Waals surface area contributed by atoms with E-state index >= 15 is 0 Å². The second kappa shape index (κ2) is 4.39. The number of rotatable bonds is 2. The maximum Gasteiger partial charge on any atom is 0.463 e. The lowest BCUT2D eigenvalue weighted by Gasteiger charge is -2.22. The van der Waals surface area contributed by atoms with Crippen LogP contribution in [0, 0.1) is 0 Å². The van der Waals surface area contributed by atoms with E-state index in [9.17, 15) is 0 Å². The topological polar surface area (TPSA) is 9.23 Å². The molecule has 1 unspecified atom stereocenters. The summed E-state index contributed by atoms with van der Waals surface area (Å²) in [7, 11) is 0. The predicted molar refractivity (Wildman–Crippen MR) is 45.5 cm³/mol. The van der Waals surface area contributed by atoms with Gasteiger partial charge in [0.1, 0.15) is 0 Å². The summed E-state index contributed by atoms with van der Waals surface area (Å²) in [5.74, 6) is 0. The lowest BCUT2D eigenvalue weighted by Crippen LogP contribution is -2.27. The molecule has 1 fully saturated rings. The number of hydrogen-bond donors (Lipinski definition) is 0. The van der Waals surface area contributed by atoms with Gasteiger partial charge < -0.3 is 3.79 Å². The molecule has 0 bridgehead atoms. The van der Waals surface area contributed by atoms with Gasteiger partial charge in [0.15, 0.2) is 0 Å². The van der Waals surface area contributed by atoms with E-state index in [4.69, 9.17) is 3.79 Å². The smallest absolute Gasteiger partial charge is 0.463 e. The van der Waals surface area contributed by atoms with Gasteiger partial charge >= 0.3 is 14.5 Å². The lowest BCUT2D eigenvalue weighted by atomic mass is 10.3. The second-order valence-corrected chi connectivity index (χ2v) is 6.42. The van der Waals surface area contributed by atoms with E-state index in [1.807, 2.05) is 0 Å². The van der Waals surface area contributed by atoms with Crippen molar-refractivity contribution in [3.63, 3.8) is 0 Å². The molecule has 0 aromatic carbocycles. The molecule has 0 radical (unpaired) electrons. The van der Waals surface area contributed by atoms with Crippen LogP contribution in [-0.4, -0.2) is 21.1 Å². The Balaban J connectivity index is 2.24. The molecule has 1 aliphatic heterocycles. The molecule has 1 atom stereocenters. The van der Waals surface area contributed by atoms with Crippen LogP contribution in [0.1, 0.15) is 33.1 Å². The summed E-state index contributed by atoms with van der Waals surface area (Å²) >= 11 is -0.720. The van der Waals surface area contributed by atoms with Crippen LogP contribution in [0.2, 0.25) is 10.1 Å². The molecule has 1 nitrogen and oxygen atoms in total. The quantitative estimate of drug-likeness (QED) is 0.558. The SMILES string of the molecule is CC[CH](C)[Al]1[CH2]CCC[O]1. The fraction of sp³-hybridized carbons (Fsp3) is 1.00. The Kier molecular flexibility index (Phi) is 3.77. The molecular formula is C8H17AlO. The van der Waals surface area contributed by atoms with E-state index in [1.54, 1.807) is 0 Å². The zero-order valence-corrected chi connectivity index (χ0v) is 8.25. The van der Waals surface area contributed by atoms with Crippen LogP contribution in [-0.2, 0) is 3.79 Å². The monoisotopic (exact) mass is 156 g/mol. The second-order valence-electron chi connectivity index (χ2n) is 3.29.